The van der Waals surface area contributed by atoms with Crippen molar-refractivity contribution in [3.05, 3.63) is 0 Å². The minimum Gasteiger partial charge on any atom is -0.396 e. The van der Waals surface area contributed by atoms with E-state index in [1.54, 1.807) is 0 Å². The molecular formula is C19H40N4O2. The number of aliphatic hydroxyl groups excluding tert-OH is 1. The molecule has 0 amide bonds. The Morgan fingerprint density at radius 3 is 2.44 bits per heavy atom. The van der Waals surface area contributed by atoms with Crippen LogP contribution in [0.2, 0.25) is 0 Å². The number of guanidine groups is 1. The number of rotatable bonds is 11. The van der Waals surface area contributed by atoms with Crippen LogP contribution in [-0.2, 0) is 4.74 Å². The first-order valence-electron chi connectivity index (χ1n) is 10.0. The fourth-order valence-electron chi connectivity index (χ4n) is 3.29. The van der Waals surface area contributed by atoms with E-state index in [1.165, 1.54) is 0 Å². The van der Waals surface area contributed by atoms with E-state index in [4.69, 9.17) is 9.73 Å². The van der Waals surface area contributed by atoms with Crippen molar-refractivity contribution >= 4 is 5.96 Å². The molecule has 0 radical (unpaired) electrons. The summed E-state index contributed by atoms with van der Waals surface area (Å²) in [5.74, 6) is 1.45. The summed E-state index contributed by atoms with van der Waals surface area (Å²) in [6, 6.07) is 0. The van der Waals surface area contributed by atoms with E-state index in [2.05, 4.69) is 43.2 Å². The van der Waals surface area contributed by atoms with Gasteiger partial charge >= 0.3 is 0 Å². The summed E-state index contributed by atoms with van der Waals surface area (Å²) in [4.78, 5) is 7.29. The van der Waals surface area contributed by atoms with Crippen LogP contribution in [0.5, 0.6) is 0 Å². The van der Waals surface area contributed by atoms with Crippen molar-refractivity contribution in [1.29, 1.82) is 0 Å². The van der Waals surface area contributed by atoms with Gasteiger partial charge in [0.25, 0.3) is 0 Å². The second-order valence-electron chi connectivity index (χ2n) is 7.27. The van der Waals surface area contributed by atoms with Crippen LogP contribution < -0.4 is 10.6 Å². The van der Waals surface area contributed by atoms with Gasteiger partial charge in [0.1, 0.15) is 0 Å². The molecule has 0 aromatic heterocycles. The molecule has 1 fully saturated rings. The Labute approximate surface area is 154 Å². The van der Waals surface area contributed by atoms with E-state index in [1.807, 2.05) is 0 Å². The quantitative estimate of drug-likeness (QED) is 0.388. The lowest BCUT2D eigenvalue weighted by atomic mass is 9.79. The van der Waals surface area contributed by atoms with Gasteiger partial charge in [-0.2, -0.15) is 0 Å². The molecule has 0 saturated carbocycles. The fourth-order valence-corrected chi connectivity index (χ4v) is 3.29. The first-order valence-corrected chi connectivity index (χ1v) is 10.0. The highest BCUT2D eigenvalue weighted by Gasteiger charge is 2.25. The minimum atomic E-state index is 0.108. The summed E-state index contributed by atoms with van der Waals surface area (Å²) in [6.45, 7) is 16.4. The van der Waals surface area contributed by atoms with Gasteiger partial charge in [-0.3, -0.25) is 9.89 Å². The largest absolute Gasteiger partial charge is 0.396 e. The Bertz CT molecular complexity index is 366. The Hall–Kier alpha value is -0.850. The van der Waals surface area contributed by atoms with Crippen molar-refractivity contribution < 1.29 is 9.84 Å². The second kappa shape index (κ2) is 12.5. The first-order chi connectivity index (χ1) is 12.1. The standard InChI is InChI=1S/C19H40N4O2/c1-5-19(6-2,8-11-24)16-22-18(20-7-3)21-14-17(4)15-23-9-12-25-13-10-23/h17,24H,5-16H2,1-4H3,(H2,20,21,22). The normalized spacial score (nSPS) is 18.2. The lowest BCUT2D eigenvalue weighted by molar-refractivity contribution is 0.0320. The molecule has 1 aliphatic rings. The summed E-state index contributed by atoms with van der Waals surface area (Å²) in [7, 11) is 0. The number of aliphatic imine (C=N–C) groups is 1. The topological polar surface area (TPSA) is 69.1 Å². The molecule has 148 valence electrons. The lowest BCUT2D eigenvalue weighted by Crippen LogP contribution is -2.44. The molecule has 6 heteroatoms. The molecule has 0 aromatic rings. The van der Waals surface area contributed by atoms with Crippen molar-refractivity contribution in [3.63, 3.8) is 0 Å². The predicted octanol–water partition coefficient (Wildman–Crippen LogP) is 1.70. The van der Waals surface area contributed by atoms with Crippen LogP contribution in [-0.4, -0.2) is 75.1 Å². The number of hydrogen-bond acceptors (Lipinski definition) is 4. The third kappa shape index (κ3) is 8.38. The molecule has 0 spiro atoms. The smallest absolute Gasteiger partial charge is 0.191 e. The van der Waals surface area contributed by atoms with Gasteiger partial charge in [-0.1, -0.05) is 20.8 Å². The SMILES string of the molecule is CCNC(=NCC(CC)(CC)CCO)NCC(C)CN1CCOCC1. The van der Waals surface area contributed by atoms with Crippen molar-refractivity contribution in [3.8, 4) is 0 Å². The van der Waals surface area contributed by atoms with Crippen LogP contribution >= 0.6 is 0 Å². The first kappa shape index (κ1) is 22.2. The average molecular weight is 357 g/mol. The summed E-state index contributed by atoms with van der Waals surface area (Å²) < 4.78 is 5.41. The average Bonchev–Trinajstić information content (AvgIpc) is 2.64. The second-order valence-corrected chi connectivity index (χ2v) is 7.27. The molecule has 1 saturated heterocycles. The summed E-state index contributed by atoms with van der Waals surface area (Å²) in [5, 5.41) is 16.2. The van der Waals surface area contributed by atoms with E-state index in [-0.39, 0.29) is 12.0 Å². The third-order valence-electron chi connectivity index (χ3n) is 5.35. The number of morpholine rings is 1. The molecule has 1 rings (SSSR count). The highest BCUT2D eigenvalue weighted by atomic mass is 16.5. The monoisotopic (exact) mass is 356 g/mol. The van der Waals surface area contributed by atoms with E-state index < -0.39 is 0 Å². The van der Waals surface area contributed by atoms with Gasteiger partial charge in [-0.15, -0.1) is 0 Å². The summed E-state index contributed by atoms with van der Waals surface area (Å²) >= 11 is 0. The van der Waals surface area contributed by atoms with Crippen LogP contribution in [0.25, 0.3) is 0 Å². The number of aliphatic hydroxyl groups is 1. The molecule has 1 atom stereocenters. The lowest BCUT2D eigenvalue weighted by Gasteiger charge is -2.30. The molecule has 0 aromatic carbocycles. The van der Waals surface area contributed by atoms with Crippen LogP contribution in [0.4, 0.5) is 0 Å². The van der Waals surface area contributed by atoms with Gasteiger partial charge < -0.3 is 20.5 Å². The van der Waals surface area contributed by atoms with Crippen LogP contribution in [0.3, 0.4) is 0 Å². The zero-order valence-electron chi connectivity index (χ0n) is 16.8. The highest BCUT2D eigenvalue weighted by Crippen LogP contribution is 2.30. The highest BCUT2D eigenvalue weighted by molar-refractivity contribution is 5.79. The Morgan fingerprint density at radius 2 is 1.88 bits per heavy atom. The molecule has 1 aliphatic heterocycles. The number of ether oxygens (including phenoxy) is 1. The number of nitrogens with one attached hydrogen (secondary N) is 2. The van der Waals surface area contributed by atoms with Gasteiger partial charge in [0, 0.05) is 45.9 Å². The summed E-state index contributed by atoms with van der Waals surface area (Å²) in [6.07, 6.45) is 2.90. The minimum absolute atomic E-state index is 0.108. The number of hydrogen-bond donors (Lipinski definition) is 3. The molecule has 6 nitrogen and oxygen atoms in total. The Morgan fingerprint density at radius 1 is 1.20 bits per heavy atom. The third-order valence-corrected chi connectivity index (χ3v) is 5.35. The van der Waals surface area contributed by atoms with Gasteiger partial charge in [-0.25, -0.2) is 0 Å². The summed E-state index contributed by atoms with van der Waals surface area (Å²) in [5.41, 5.74) is 0.108. The van der Waals surface area contributed by atoms with E-state index in [9.17, 15) is 5.11 Å². The maximum absolute atomic E-state index is 9.37. The molecule has 3 N–H and O–H groups in total. The predicted molar refractivity (Wildman–Crippen MR) is 105 cm³/mol. The van der Waals surface area contributed by atoms with Crippen LogP contribution in [0.15, 0.2) is 4.99 Å². The van der Waals surface area contributed by atoms with Gasteiger partial charge in [0.15, 0.2) is 5.96 Å². The fraction of sp³-hybridized carbons (Fsp3) is 0.947. The van der Waals surface area contributed by atoms with Crippen LogP contribution in [0.1, 0.15) is 47.0 Å². The van der Waals surface area contributed by atoms with E-state index in [0.29, 0.717) is 5.92 Å². The van der Waals surface area contributed by atoms with Gasteiger partial charge in [-0.05, 0) is 37.5 Å². The van der Waals surface area contributed by atoms with Crippen molar-refractivity contribution in [2.45, 2.75) is 47.0 Å². The Balaban J connectivity index is 2.50. The van der Waals surface area contributed by atoms with Crippen molar-refractivity contribution in [2.75, 3.05) is 59.1 Å². The number of nitrogens with zero attached hydrogens (tertiary/aromatic N) is 2. The molecular weight excluding hydrogens is 316 g/mol. The molecule has 0 aliphatic carbocycles. The van der Waals surface area contributed by atoms with Gasteiger partial charge in [0.2, 0.25) is 0 Å². The molecule has 1 heterocycles. The van der Waals surface area contributed by atoms with E-state index in [0.717, 1.165) is 77.7 Å². The maximum Gasteiger partial charge on any atom is 0.191 e. The zero-order chi connectivity index (χ0) is 18.5. The van der Waals surface area contributed by atoms with Crippen molar-refractivity contribution in [1.82, 2.24) is 15.5 Å². The van der Waals surface area contributed by atoms with E-state index >= 15 is 0 Å². The molecule has 1 unspecified atom stereocenters. The zero-order valence-corrected chi connectivity index (χ0v) is 16.8. The molecule has 0 bridgehead atoms. The van der Waals surface area contributed by atoms with Crippen molar-refractivity contribution in [2.24, 2.45) is 16.3 Å². The maximum atomic E-state index is 9.37. The van der Waals surface area contributed by atoms with Gasteiger partial charge in [0.05, 0.1) is 13.2 Å². The van der Waals surface area contributed by atoms with Crippen LogP contribution in [0, 0.1) is 11.3 Å². The Kier molecular flexibility index (Phi) is 11.1. The molecule has 25 heavy (non-hydrogen) atoms.